The lowest BCUT2D eigenvalue weighted by Crippen LogP contribution is -2.10. The molecule has 0 heterocycles. The summed E-state index contributed by atoms with van der Waals surface area (Å²) in [6.07, 6.45) is 0.163. The van der Waals surface area contributed by atoms with Crippen molar-refractivity contribution in [1.29, 1.82) is 0 Å². The molecule has 0 radical (unpaired) electrons. The van der Waals surface area contributed by atoms with Crippen LogP contribution in [0.2, 0.25) is 0 Å². The van der Waals surface area contributed by atoms with Gasteiger partial charge in [0, 0.05) is 6.42 Å². The minimum atomic E-state index is -2.97. The maximum Gasteiger partial charge on any atom is 0.387 e. The second kappa shape index (κ2) is 7.42. The number of hydrogen-bond donors (Lipinski definition) is 0. The van der Waals surface area contributed by atoms with Crippen molar-refractivity contribution in [3.05, 3.63) is 29.3 Å². The van der Waals surface area contributed by atoms with Gasteiger partial charge in [-0.2, -0.15) is 8.78 Å². The van der Waals surface area contributed by atoms with Gasteiger partial charge in [0.15, 0.2) is 0 Å². The highest BCUT2D eigenvalue weighted by molar-refractivity contribution is 5.91. The largest absolute Gasteiger partial charge is 0.469 e. The maximum atomic E-state index is 12.2. The Morgan fingerprint density at radius 2 is 1.90 bits per heavy atom. The van der Waals surface area contributed by atoms with Crippen LogP contribution in [0, 0.1) is 0 Å². The summed E-state index contributed by atoms with van der Waals surface area (Å²) in [4.78, 5) is 22.7. The number of carbonyl (C=O) groups is 2. The average molecular weight is 288 g/mol. The summed E-state index contributed by atoms with van der Waals surface area (Å²) in [6.45, 7) is -2.97. The summed E-state index contributed by atoms with van der Waals surface area (Å²) in [5.41, 5.74) is 0.568. The van der Waals surface area contributed by atoms with E-state index >= 15 is 0 Å². The zero-order valence-electron chi connectivity index (χ0n) is 11.0. The summed E-state index contributed by atoms with van der Waals surface area (Å²) in [5.74, 6) is -1.18. The van der Waals surface area contributed by atoms with Gasteiger partial charge >= 0.3 is 18.6 Å². The van der Waals surface area contributed by atoms with Gasteiger partial charge in [0.05, 0.1) is 19.8 Å². The second-order valence-electron chi connectivity index (χ2n) is 3.77. The molecule has 1 aromatic carbocycles. The Labute approximate surface area is 114 Å². The van der Waals surface area contributed by atoms with Gasteiger partial charge in [-0.05, 0) is 30.2 Å². The number of aryl methyl sites for hydroxylation is 1. The Kier molecular flexibility index (Phi) is 5.89. The first-order chi connectivity index (χ1) is 9.47. The molecule has 0 aromatic heterocycles. The molecule has 7 heteroatoms. The van der Waals surface area contributed by atoms with E-state index in [1.807, 2.05) is 0 Å². The predicted molar refractivity (Wildman–Crippen MR) is 64.8 cm³/mol. The molecule has 5 nitrogen and oxygen atoms in total. The number of halogens is 2. The zero-order valence-corrected chi connectivity index (χ0v) is 11.0. The first-order valence-corrected chi connectivity index (χ1v) is 5.70. The van der Waals surface area contributed by atoms with Gasteiger partial charge in [0.25, 0.3) is 0 Å². The van der Waals surface area contributed by atoms with Gasteiger partial charge in [-0.1, -0.05) is 0 Å². The fourth-order valence-electron chi connectivity index (χ4n) is 1.60. The third-order valence-corrected chi connectivity index (χ3v) is 2.53. The minimum Gasteiger partial charge on any atom is -0.469 e. The van der Waals surface area contributed by atoms with E-state index in [2.05, 4.69) is 14.2 Å². The topological polar surface area (TPSA) is 61.8 Å². The van der Waals surface area contributed by atoms with E-state index in [0.717, 1.165) is 0 Å². The summed E-state index contributed by atoms with van der Waals surface area (Å²) in [6, 6.07) is 3.83. The Balaban J connectivity index is 2.99. The predicted octanol–water partition coefficient (Wildman–Crippen LogP) is 2.18. The van der Waals surface area contributed by atoms with Crippen LogP contribution in [0.15, 0.2) is 18.2 Å². The highest BCUT2D eigenvalue weighted by Gasteiger charge is 2.15. The van der Waals surface area contributed by atoms with E-state index in [1.165, 1.54) is 32.4 Å². The molecule has 1 aromatic rings. The Morgan fingerprint density at radius 3 is 2.45 bits per heavy atom. The van der Waals surface area contributed by atoms with Gasteiger partial charge < -0.3 is 14.2 Å². The van der Waals surface area contributed by atoms with Crippen LogP contribution < -0.4 is 4.74 Å². The molecule has 0 aliphatic carbocycles. The molecule has 0 unspecified atom stereocenters. The zero-order chi connectivity index (χ0) is 15.1. The Hall–Kier alpha value is -2.18. The molecular weight excluding hydrogens is 274 g/mol. The van der Waals surface area contributed by atoms with Crippen LogP contribution in [-0.2, 0) is 20.7 Å². The van der Waals surface area contributed by atoms with Crippen molar-refractivity contribution in [2.45, 2.75) is 19.5 Å². The van der Waals surface area contributed by atoms with Crippen molar-refractivity contribution in [2.24, 2.45) is 0 Å². The molecule has 0 spiro atoms. The number of hydrogen-bond acceptors (Lipinski definition) is 5. The monoisotopic (exact) mass is 288 g/mol. The van der Waals surface area contributed by atoms with Gasteiger partial charge in [-0.25, -0.2) is 4.79 Å². The van der Waals surface area contributed by atoms with Gasteiger partial charge in [0.1, 0.15) is 5.75 Å². The quantitative estimate of drug-likeness (QED) is 0.751. The number of ether oxygens (including phenoxy) is 3. The van der Waals surface area contributed by atoms with Crippen LogP contribution in [0.25, 0.3) is 0 Å². The van der Waals surface area contributed by atoms with E-state index in [4.69, 9.17) is 0 Å². The molecule has 110 valence electrons. The molecule has 0 saturated carbocycles. The molecule has 0 fully saturated rings. The van der Waals surface area contributed by atoms with Crippen molar-refractivity contribution in [3.8, 4) is 5.75 Å². The number of alkyl halides is 2. The highest BCUT2D eigenvalue weighted by atomic mass is 19.3. The van der Waals surface area contributed by atoms with E-state index < -0.39 is 18.6 Å². The van der Waals surface area contributed by atoms with Crippen molar-refractivity contribution in [1.82, 2.24) is 0 Å². The molecule has 0 aliphatic heterocycles. The molecule has 0 saturated heterocycles. The third kappa shape index (κ3) is 4.49. The average Bonchev–Trinajstić information content (AvgIpc) is 2.43. The molecule has 0 aliphatic rings. The lowest BCUT2D eigenvalue weighted by molar-refractivity contribution is -0.140. The molecular formula is C13H14F2O5. The number of carbonyl (C=O) groups excluding carboxylic acids is 2. The molecule has 0 bridgehead atoms. The lowest BCUT2D eigenvalue weighted by Gasteiger charge is -2.10. The van der Waals surface area contributed by atoms with E-state index in [-0.39, 0.29) is 24.2 Å². The number of rotatable bonds is 6. The van der Waals surface area contributed by atoms with Crippen LogP contribution >= 0.6 is 0 Å². The fourth-order valence-corrected chi connectivity index (χ4v) is 1.60. The smallest absolute Gasteiger partial charge is 0.387 e. The van der Waals surface area contributed by atoms with Crippen LogP contribution in [0.1, 0.15) is 22.3 Å². The Morgan fingerprint density at radius 1 is 1.20 bits per heavy atom. The van der Waals surface area contributed by atoms with Crippen LogP contribution in [-0.4, -0.2) is 32.8 Å². The minimum absolute atomic E-state index is 0.0125. The van der Waals surface area contributed by atoms with E-state index in [0.29, 0.717) is 5.56 Å². The maximum absolute atomic E-state index is 12.2. The first kappa shape index (κ1) is 15.9. The lowest BCUT2D eigenvalue weighted by atomic mass is 10.0. The molecule has 0 atom stereocenters. The van der Waals surface area contributed by atoms with Crippen LogP contribution in [0.5, 0.6) is 5.75 Å². The van der Waals surface area contributed by atoms with Crippen molar-refractivity contribution in [2.75, 3.05) is 14.2 Å². The summed E-state index contributed by atoms with van der Waals surface area (Å²) >= 11 is 0. The van der Waals surface area contributed by atoms with Crippen molar-refractivity contribution in [3.63, 3.8) is 0 Å². The number of esters is 2. The second-order valence-corrected chi connectivity index (χ2v) is 3.77. The van der Waals surface area contributed by atoms with Crippen molar-refractivity contribution >= 4 is 11.9 Å². The molecule has 0 N–H and O–H groups in total. The molecule has 20 heavy (non-hydrogen) atoms. The summed E-state index contributed by atoms with van der Waals surface area (Å²) < 4.78 is 37.6. The summed E-state index contributed by atoms with van der Waals surface area (Å²) in [7, 11) is 2.44. The third-order valence-electron chi connectivity index (χ3n) is 2.53. The standard InChI is InChI=1S/C13H14F2O5/c1-18-11(16)6-3-8-7-9(20-13(14)15)4-5-10(8)12(17)19-2/h4-5,7,13H,3,6H2,1-2H3. The van der Waals surface area contributed by atoms with Gasteiger partial charge in [-0.15, -0.1) is 0 Å². The molecule has 1 rings (SSSR count). The summed E-state index contributed by atoms with van der Waals surface area (Å²) in [5, 5.41) is 0. The SMILES string of the molecule is COC(=O)CCc1cc(OC(F)F)ccc1C(=O)OC. The highest BCUT2D eigenvalue weighted by Crippen LogP contribution is 2.22. The fraction of sp³-hybridized carbons (Fsp3) is 0.385. The molecule has 0 amide bonds. The first-order valence-electron chi connectivity index (χ1n) is 5.70. The van der Waals surface area contributed by atoms with E-state index in [9.17, 15) is 18.4 Å². The van der Waals surface area contributed by atoms with Crippen molar-refractivity contribution < 1.29 is 32.6 Å². The Bertz CT molecular complexity index is 488. The van der Waals surface area contributed by atoms with E-state index in [1.54, 1.807) is 0 Å². The number of benzene rings is 1. The van der Waals surface area contributed by atoms with Gasteiger partial charge in [0.2, 0.25) is 0 Å². The van der Waals surface area contributed by atoms with Crippen LogP contribution in [0.4, 0.5) is 8.78 Å². The number of methoxy groups -OCH3 is 2. The van der Waals surface area contributed by atoms with Crippen LogP contribution in [0.3, 0.4) is 0 Å². The normalized spacial score (nSPS) is 10.2. The van der Waals surface area contributed by atoms with Gasteiger partial charge in [-0.3, -0.25) is 4.79 Å².